The largest absolute Gasteiger partial charge is 0.461 e. The highest BCUT2D eigenvalue weighted by Crippen LogP contribution is 2.28. The molecule has 1 aromatic rings. The predicted molar refractivity (Wildman–Crippen MR) is 74.5 cm³/mol. The summed E-state index contributed by atoms with van der Waals surface area (Å²) in [5.41, 5.74) is 0. The molecule has 0 aliphatic carbocycles. The fraction of sp³-hybridized carbons (Fsp3) is 0.250. The Morgan fingerprint density at radius 1 is 1.32 bits per heavy atom. The summed E-state index contributed by atoms with van der Waals surface area (Å²) in [5, 5.41) is 8.58. The average Bonchev–Trinajstić information content (AvgIpc) is 3.08. The minimum atomic E-state index is -0.901. The highest BCUT2D eigenvalue weighted by Gasteiger charge is 2.39. The number of carbonyl (C=O) groups is 4. The van der Waals surface area contributed by atoms with E-state index in [1.54, 1.807) is 6.07 Å². The van der Waals surface area contributed by atoms with E-state index in [9.17, 15) is 19.2 Å². The molecule has 2 N–H and O–H groups in total. The van der Waals surface area contributed by atoms with E-state index in [2.05, 4.69) is 15.7 Å². The van der Waals surface area contributed by atoms with Crippen molar-refractivity contribution in [3.63, 3.8) is 0 Å². The SMILES string of the molecule is O=C1CC(=O)NC(=NN2C(=O)CSC2C(=O)c2ccco2)N1. The maximum absolute atomic E-state index is 12.3. The second-order valence-corrected chi connectivity index (χ2v) is 5.53. The molecule has 9 nitrogen and oxygen atoms in total. The Balaban J connectivity index is 1.83. The Hall–Kier alpha value is -2.62. The first-order valence-electron chi connectivity index (χ1n) is 6.24. The summed E-state index contributed by atoms with van der Waals surface area (Å²) in [6.45, 7) is 0. The van der Waals surface area contributed by atoms with Crippen LogP contribution in [0.25, 0.3) is 0 Å². The third-order valence-electron chi connectivity index (χ3n) is 2.88. The number of rotatable bonds is 3. The molecule has 2 fully saturated rings. The van der Waals surface area contributed by atoms with Crippen LogP contribution in [0.15, 0.2) is 27.9 Å². The van der Waals surface area contributed by atoms with E-state index in [1.165, 1.54) is 12.3 Å². The topological polar surface area (TPSA) is 121 Å². The molecule has 0 aromatic carbocycles. The molecule has 0 bridgehead atoms. The third kappa shape index (κ3) is 2.72. The standard InChI is InChI=1S/C12H10N4O5S/c17-7-4-8(18)14-12(13-7)15-16-9(19)5-22-11(16)10(20)6-2-1-3-21-6/h1-3,11H,4-5H2,(H2,13,14,15,17,18). The lowest BCUT2D eigenvalue weighted by Gasteiger charge is -2.20. The maximum Gasteiger partial charge on any atom is 0.254 e. The van der Waals surface area contributed by atoms with Crippen LogP contribution in [0.2, 0.25) is 0 Å². The number of carbonyl (C=O) groups excluding carboxylic acids is 4. The molecule has 2 aliphatic rings. The van der Waals surface area contributed by atoms with E-state index in [4.69, 9.17) is 4.42 Å². The maximum atomic E-state index is 12.3. The minimum absolute atomic E-state index is 0.0653. The average molecular weight is 322 g/mol. The van der Waals surface area contributed by atoms with E-state index >= 15 is 0 Å². The highest BCUT2D eigenvalue weighted by atomic mass is 32.2. The van der Waals surface area contributed by atoms with Gasteiger partial charge in [0.25, 0.3) is 5.91 Å². The molecule has 22 heavy (non-hydrogen) atoms. The van der Waals surface area contributed by atoms with Crippen LogP contribution in [0.1, 0.15) is 17.0 Å². The van der Waals surface area contributed by atoms with Gasteiger partial charge in [-0.15, -0.1) is 16.9 Å². The van der Waals surface area contributed by atoms with Crippen molar-refractivity contribution in [2.45, 2.75) is 11.8 Å². The number of hydrogen-bond acceptors (Lipinski definition) is 7. The number of amides is 3. The molecule has 2 saturated heterocycles. The molecular weight excluding hydrogens is 312 g/mol. The molecule has 3 rings (SSSR count). The van der Waals surface area contributed by atoms with Gasteiger partial charge in [-0.3, -0.25) is 29.8 Å². The van der Waals surface area contributed by atoms with Crippen molar-refractivity contribution in [3.05, 3.63) is 24.2 Å². The molecule has 0 saturated carbocycles. The molecule has 0 radical (unpaired) electrons. The zero-order valence-electron chi connectivity index (χ0n) is 11.1. The van der Waals surface area contributed by atoms with Gasteiger partial charge in [0.2, 0.25) is 23.6 Å². The fourth-order valence-electron chi connectivity index (χ4n) is 1.94. The first-order valence-corrected chi connectivity index (χ1v) is 7.29. The van der Waals surface area contributed by atoms with E-state index in [1.807, 2.05) is 0 Å². The molecular formula is C12H10N4O5S. The van der Waals surface area contributed by atoms with Crippen LogP contribution in [0, 0.1) is 0 Å². The zero-order chi connectivity index (χ0) is 15.7. The predicted octanol–water partition coefficient (Wildman–Crippen LogP) is -0.729. The summed E-state index contributed by atoms with van der Waals surface area (Å²) in [6.07, 6.45) is 1.04. The van der Waals surface area contributed by atoms with Gasteiger partial charge in [0.15, 0.2) is 11.1 Å². The lowest BCUT2D eigenvalue weighted by Crippen LogP contribution is -2.52. The molecule has 2 aliphatic heterocycles. The first kappa shape index (κ1) is 14.3. The number of hydrazone groups is 1. The number of thioether (sulfide) groups is 1. The van der Waals surface area contributed by atoms with Gasteiger partial charge in [-0.25, -0.2) is 5.01 Å². The second kappa shape index (κ2) is 5.64. The van der Waals surface area contributed by atoms with Crippen LogP contribution < -0.4 is 10.6 Å². The smallest absolute Gasteiger partial charge is 0.254 e. The Kier molecular flexibility index (Phi) is 3.67. The number of ketones is 1. The molecule has 1 aromatic heterocycles. The van der Waals surface area contributed by atoms with E-state index in [-0.39, 0.29) is 23.9 Å². The Morgan fingerprint density at radius 2 is 2.05 bits per heavy atom. The minimum Gasteiger partial charge on any atom is -0.461 e. The lowest BCUT2D eigenvalue weighted by atomic mass is 10.3. The van der Waals surface area contributed by atoms with Crippen molar-refractivity contribution >= 4 is 41.2 Å². The summed E-state index contributed by atoms with van der Waals surface area (Å²) in [5.74, 6) is -1.89. The number of guanidine groups is 1. The van der Waals surface area contributed by atoms with Crippen molar-refractivity contribution < 1.29 is 23.6 Å². The summed E-state index contributed by atoms with van der Waals surface area (Å²) >= 11 is 1.09. The normalized spacial score (nSPS) is 21.6. The van der Waals surface area contributed by atoms with Gasteiger partial charge in [-0.2, -0.15) is 0 Å². The van der Waals surface area contributed by atoms with Crippen molar-refractivity contribution in [2.75, 3.05) is 5.75 Å². The van der Waals surface area contributed by atoms with Crippen LogP contribution >= 0.6 is 11.8 Å². The van der Waals surface area contributed by atoms with Crippen molar-refractivity contribution in [2.24, 2.45) is 5.10 Å². The number of nitrogens with one attached hydrogen (secondary N) is 2. The second-order valence-electron chi connectivity index (χ2n) is 4.46. The summed E-state index contributed by atoms with van der Waals surface area (Å²) < 4.78 is 5.03. The number of hydrogen-bond donors (Lipinski definition) is 2. The van der Waals surface area contributed by atoms with Crippen molar-refractivity contribution in [1.82, 2.24) is 15.6 Å². The molecule has 0 spiro atoms. The number of furan rings is 1. The summed E-state index contributed by atoms with van der Waals surface area (Å²) in [6, 6.07) is 3.05. The Bertz CT molecular complexity index is 666. The van der Waals surface area contributed by atoms with E-state index < -0.39 is 28.9 Å². The van der Waals surface area contributed by atoms with Gasteiger partial charge in [0, 0.05) is 0 Å². The van der Waals surface area contributed by atoms with Gasteiger partial charge in [-0.1, -0.05) is 0 Å². The van der Waals surface area contributed by atoms with Gasteiger partial charge in [0.05, 0.1) is 12.0 Å². The van der Waals surface area contributed by atoms with Crippen LogP contribution in [0.3, 0.4) is 0 Å². The van der Waals surface area contributed by atoms with Gasteiger partial charge in [0.1, 0.15) is 6.42 Å². The molecule has 1 atom stereocenters. The quantitative estimate of drug-likeness (QED) is 0.559. The lowest BCUT2D eigenvalue weighted by molar-refractivity contribution is -0.130. The zero-order valence-corrected chi connectivity index (χ0v) is 11.9. The molecule has 3 heterocycles. The number of Topliss-reactive ketones (excluding diaryl/α,β-unsaturated/α-hetero) is 1. The van der Waals surface area contributed by atoms with Gasteiger partial charge < -0.3 is 4.42 Å². The van der Waals surface area contributed by atoms with Crippen LogP contribution in [0.5, 0.6) is 0 Å². The molecule has 1 unspecified atom stereocenters. The van der Waals surface area contributed by atoms with Gasteiger partial charge in [-0.05, 0) is 12.1 Å². The van der Waals surface area contributed by atoms with Gasteiger partial charge >= 0.3 is 0 Å². The fourth-order valence-corrected chi connectivity index (χ4v) is 2.95. The van der Waals surface area contributed by atoms with Crippen LogP contribution in [-0.4, -0.2) is 45.6 Å². The Morgan fingerprint density at radius 3 is 2.68 bits per heavy atom. The molecule has 3 amide bonds. The van der Waals surface area contributed by atoms with E-state index in [0.717, 1.165) is 16.8 Å². The monoisotopic (exact) mass is 322 g/mol. The summed E-state index contributed by atoms with van der Waals surface area (Å²) in [7, 11) is 0. The Labute approximate surface area is 128 Å². The number of nitrogens with zero attached hydrogens (tertiary/aromatic N) is 2. The van der Waals surface area contributed by atoms with Crippen LogP contribution in [0.4, 0.5) is 0 Å². The van der Waals surface area contributed by atoms with Crippen molar-refractivity contribution in [3.8, 4) is 0 Å². The molecule has 10 heteroatoms. The van der Waals surface area contributed by atoms with Crippen molar-refractivity contribution in [1.29, 1.82) is 0 Å². The first-order chi connectivity index (χ1) is 10.5. The molecule has 114 valence electrons. The summed E-state index contributed by atoms with van der Waals surface area (Å²) in [4.78, 5) is 46.8. The highest BCUT2D eigenvalue weighted by molar-refractivity contribution is 8.01. The third-order valence-corrected chi connectivity index (χ3v) is 4.02. The van der Waals surface area contributed by atoms with E-state index in [0.29, 0.717) is 0 Å². The van der Waals surface area contributed by atoms with Crippen LogP contribution in [-0.2, 0) is 14.4 Å².